The second-order valence-corrected chi connectivity index (χ2v) is 8.46. The van der Waals surface area contributed by atoms with Crippen molar-refractivity contribution in [1.29, 1.82) is 0 Å². The number of carbonyl (C=O) groups is 3. The maximum atomic E-state index is 12.7. The van der Waals surface area contributed by atoms with Crippen molar-refractivity contribution in [3.05, 3.63) is 65.2 Å². The van der Waals surface area contributed by atoms with E-state index < -0.39 is 12.1 Å². The Bertz CT molecular complexity index is 948. The molecular weight excluding hydrogens is 402 g/mol. The van der Waals surface area contributed by atoms with Crippen molar-refractivity contribution in [2.45, 2.75) is 38.3 Å². The minimum atomic E-state index is -0.714. The third kappa shape index (κ3) is 4.33. The molecular formula is C23H24ClN3O3. The first kappa shape index (κ1) is 20.4. The Labute approximate surface area is 180 Å². The van der Waals surface area contributed by atoms with Crippen molar-refractivity contribution in [3.8, 4) is 0 Å². The van der Waals surface area contributed by atoms with Crippen molar-refractivity contribution < 1.29 is 14.4 Å². The molecule has 2 aliphatic rings. The van der Waals surface area contributed by atoms with Crippen LogP contribution >= 0.6 is 11.6 Å². The number of urea groups is 1. The Morgan fingerprint density at radius 2 is 1.83 bits per heavy atom. The molecule has 4 atom stereocenters. The number of halogens is 1. The van der Waals surface area contributed by atoms with E-state index in [0.29, 0.717) is 22.5 Å². The van der Waals surface area contributed by atoms with Crippen molar-refractivity contribution >= 4 is 35.1 Å². The van der Waals surface area contributed by atoms with E-state index in [1.165, 1.54) is 0 Å². The standard InChI is InChI=1S/C23H24ClN3O3/c1-14-13-18(14)21(15-5-3-2-4-6-15)26-20(28)12-11-19-22(29)27(23(30)25-19)17-9-7-16(24)8-10-17/h2-10,14,18-19,21H,11-13H2,1H3,(H,25,30)(H,26,28). The summed E-state index contributed by atoms with van der Waals surface area (Å²) in [6.07, 6.45) is 1.50. The summed E-state index contributed by atoms with van der Waals surface area (Å²) in [5.74, 6) is 0.546. The van der Waals surface area contributed by atoms with Gasteiger partial charge in [-0.25, -0.2) is 9.69 Å². The van der Waals surface area contributed by atoms with Crippen LogP contribution in [0.4, 0.5) is 10.5 Å². The molecule has 1 saturated carbocycles. The van der Waals surface area contributed by atoms with Crippen LogP contribution in [0.15, 0.2) is 54.6 Å². The van der Waals surface area contributed by atoms with Crippen LogP contribution in [0, 0.1) is 11.8 Å². The highest BCUT2D eigenvalue weighted by molar-refractivity contribution is 6.30. The van der Waals surface area contributed by atoms with Gasteiger partial charge in [0, 0.05) is 11.4 Å². The fraction of sp³-hybridized carbons (Fsp3) is 0.348. The molecule has 7 heteroatoms. The van der Waals surface area contributed by atoms with Gasteiger partial charge in [-0.3, -0.25) is 9.59 Å². The molecule has 4 amide bonds. The highest BCUT2D eigenvalue weighted by atomic mass is 35.5. The molecule has 156 valence electrons. The van der Waals surface area contributed by atoms with E-state index in [2.05, 4.69) is 17.6 Å². The monoisotopic (exact) mass is 425 g/mol. The quantitative estimate of drug-likeness (QED) is 0.656. The number of anilines is 1. The highest BCUT2D eigenvalue weighted by Crippen LogP contribution is 2.46. The number of nitrogens with one attached hydrogen (secondary N) is 2. The van der Waals surface area contributed by atoms with Crippen molar-refractivity contribution in [2.75, 3.05) is 4.90 Å². The molecule has 2 fully saturated rings. The van der Waals surface area contributed by atoms with Gasteiger partial charge in [-0.05, 0) is 54.5 Å². The zero-order valence-corrected chi connectivity index (χ0v) is 17.4. The number of rotatable bonds is 7. The number of hydrogen-bond donors (Lipinski definition) is 2. The van der Waals surface area contributed by atoms with E-state index in [9.17, 15) is 14.4 Å². The minimum Gasteiger partial charge on any atom is -0.349 e. The Morgan fingerprint density at radius 1 is 1.17 bits per heavy atom. The molecule has 0 aromatic heterocycles. The summed E-state index contributed by atoms with van der Waals surface area (Å²) in [7, 11) is 0. The van der Waals surface area contributed by atoms with Crippen LogP contribution in [-0.4, -0.2) is 23.9 Å². The van der Waals surface area contributed by atoms with Crippen LogP contribution in [-0.2, 0) is 9.59 Å². The summed E-state index contributed by atoms with van der Waals surface area (Å²) < 4.78 is 0. The van der Waals surface area contributed by atoms with Crippen LogP contribution in [0.25, 0.3) is 0 Å². The summed E-state index contributed by atoms with van der Waals surface area (Å²) in [5.41, 5.74) is 1.56. The topological polar surface area (TPSA) is 78.5 Å². The third-order valence-corrected chi connectivity index (χ3v) is 6.09. The first-order valence-electron chi connectivity index (χ1n) is 10.2. The van der Waals surface area contributed by atoms with Gasteiger partial charge in [-0.2, -0.15) is 0 Å². The van der Waals surface area contributed by atoms with Crippen molar-refractivity contribution in [3.63, 3.8) is 0 Å². The first-order valence-corrected chi connectivity index (χ1v) is 10.6. The summed E-state index contributed by atoms with van der Waals surface area (Å²) in [6, 6.07) is 15.2. The SMILES string of the molecule is CC1CC1C(NC(=O)CCC1NC(=O)N(c2ccc(Cl)cc2)C1=O)c1ccccc1. The van der Waals surface area contributed by atoms with Gasteiger partial charge in [0.05, 0.1) is 11.7 Å². The molecule has 4 unspecified atom stereocenters. The van der Waals surface area contributed by atoms with Crippen LogP contribution in [0.5, 0.6) is 0 Å². The fourth-order valence-corrected chi connectivity index (χ4v) is 4.12. The number of carbonyl (C=O) groups excluding carboxylic acids is 3. The molecule has 2 aromatic carbocycles. The van der Waals surface area contributed by atoms with Crippen LogP contribution in [0.2, 0.25) is 5.02 Å². The van der Waals surface area contributed by atoms with Crippen LogP contribution < -0.4 is 15.5 Å². The fourth-order valence-electron chi connectivity index (χ4n) is 4.00. The Kier molecular flexibility index (Phi) is 5.77. The molecule has 0 bridgehead atoms. The maximum absolute atomic E-state index is 12.7. The Balaban J connectivity index is 1.36. The van der Waals surface area contributed by atoms with E-state index in [0.717, 1.165) is 16.9 Å². The van der Waals surface area contributed by atoms with Gasteiger partial charge in [0.1, 0.15) is 6.04 Å². The lowest BCUT2D eigenvalue weighted by molar-refractivity contribution is -0.122. The number of hydrogen-bond acceptors (Lipinski definition) is 3. The Morgan fingerprint density at radius 3 is 2.47 bits per heavy atom. The zero-order chi connectivity index (χ0) is 21.3. The lowest BCUT2D eigenvalue weighted by atomic mass is 10.0. The molecule has 1 saturated heterocycles. The second kappa shape index (κ2) is 8.48. The predicted octanol–water partition coefficient (Wildman–Crippen LogP) is 4.06. The lowest BCUT2D eigenvalue weighted by Crippen LogP contribution is -2.34. The van der Waals surface area contributed by atoms with Crippen molar-refractivity contribution in [1.82, 2.24) is 10.6 Å². The van der Waals surface area contributed by atoms with Gasteiger partial charge < -0.3 is 10.6 Å². The molecule has 1 aliphatic heterocycles. The molecule has 2 aromatic rings. The van der Waals surface area contributed by atoms with E-state index in [1.807, 2.05) is 30.3 Å². The molecule has 0 spiro atoms. The minimum absolute atomic E-state index is 0.0202. The molecule has 0 radical (unpaired) electrons. The van der Waals surface area contributed by atoms with E-state index >= 15 is 0 Å². The van der Waals surface area contributed by atoms with Crippen LogP contribution in [0.3, 0.4) is 0 Å². The Hall–Kier alpha value is -2.86. The molecule has 1 aliphatic carbocycles. The van der Waals surface area contributed by atoms with Gasteiger partial charge in [-0.1, -0.05) is 48.9 Å². The second-order valence-electron chi connectivity index (χ2n) is 8.02. The normalized spacial score (nSPS) is 23.8. The van der Waals surface area contributed by atoms with Gasteiger partial charge in [0.2, 0.25) is 5.91 Å². The average Bonchev–Trinajstić information content (AvgIpc) is 3.39. The van der Waals surface area contributed by atoms with E-state index in [-0.39, 0.29) is 30.7 Å². The number of nitrogens with zero attached hydrogens (tertiary/aromatic N) is 1. The predicted molar refractivity (Wildman–Crippen MR) is 115 cm³/mol. The molecule has 4 rings (SSSR count). The summed E-state index contributed by atoms with van der Waals surface area (Å²) in [4.78, 5) is 38.7. The summed E-state index contributed by atoms with van der Waals surface area (Å²) in [5, 5.41) is 6.33. The zero-order valence-electron chi connectivity index (χ0n) is 16.7. The van der Waals surface area contributed by atoms with Gasteiger partial charge in [0.15, 0.2) is 0 Å². The van der Waals surface area contributed by atoms with E-state index in [1.54, 1.807) is 24.3 Å². The first-order chi connectivity index (χ1) is 14.4. The smallest absolute Gasteiger partial charge is 0.329 e. The largest absolute Gasteiger partial charge is 0.349 e. The maximum Gasteiger partial charge on any atom is 0.329 e. The lowest BCUT2D eigenvalue weighted by Gasteiger charge is -2.20. The highest BCUT2D eigenvalue weighted by Gasteiger charge is 2.42. The van der Waals surface area contributed by atoms with Gasteiger partial charge >= 0.3 is 6.03 Å². The number of benzene rings is 2. The number of imide groups is 1. The van der Waals surface area contributed by atoms with Gasteiger partial charge in [-0.15, -0.1) is 0 Å². The van der Waals surface area contributed by atoms with E-state index in [4.69, 9.17) is 11.6 Å². The molecule has 2 N–H and O–H groups in total. The van der Waals surface area contributed by atoms with Crippen molar-refractivity contribution in [2.24, 2.45) is 11.8 Å². The van der Waals surface area contributed by atoms with Gasteiger partial charge in [0.25, 0.3) is 5.91 Å². The molecule has 6 nitrogen and oxygen atoms in total. The number of amides is 4. The molecule has 30 heavy (non-hydrogen) atoms. The summed E-state index contributed by atoms with van der Waals surface area (Å²) in [6.45, 7) is 2.19. The average molecular weight is 426 g/mol. The summed E-state index contributed by atoms with van der Waals surface area (Å²) >= 11 is 5.88. The molecule has 1 heterocycles. The van der Waals surface area contributed by atoms with Crippen LogP contribution in [0.1, 0.15) is 37.8 Å². The third-order valence-electron chi connectivity index (χ3n) is 5.84.